The monoisotopic (exact) mass is 327 g/mol. The Morgan fingerprint density at radius 2 is 2.33 bits per heavy atom. The average Bonchev–Trinajstić information content (AvgIpc) is 2.84. The van der Waals surface area contributed by atoms with E-state index in [0.29, 0.717) is 23.7 Å². The van der Waals surface area contributed by atoms with Crippen LogP contribution < -0.4 is 5.32 Å². The van der Waals surface area contributed by atoms with Crippen LogP contribution in [0.3, 0.4) is 0 Å². The van der Waals surface area contributed by atoms with Gasteiger partial charge in [-0.1, -0.05) is 27.5 Å². The third-order valence-electron chi connectivity index (χ3n) is 2.33. The normalized spacial score (nSPS) is 10.3. The van der Waals surface area contributed by atoms with Gasteiger partial charge in [0.2, 0.25) is 5.91 Å². The van der Waals surface area contributed by atoms with Crippen molar-refractivity contribution in [3.63, 3.8) is 0 Å². The lowest BCUT2D eigenvalue weighted by molar-refractivity contribution is -0.116. The number of nitrogens with zero attached hydrogens (tertiary/aromatic N) is 2. The van der Waals surface area contributed by atoms with E-state index in [-0.39, 0.29) is 5.91 Å². The molecule has 94 valence electrons. The Morgan fingerprint density at radius 3 is 3.06 bits per heavy atom. The Balaban J connectivity index is 1.92. The maximum Gasteiger partial charge on any atom is 0.226 e. The number of anilines is 1. The highest BCUT2D eigenvalue weighted by molar-refractivity contribution is 9.10. The van der Waals surface area contributed by atoms with E-state index < -0.39 is 0 Å². The van der Waals surface area contributed by atoms with Crippen molar-refractivity contribution in [1.82, 2.24) is 9.78 Å². The van der Waals surface area contributed by atoms with Gasteiger partial charge < -0.3 is 5.32 Å². The number of benzene rings is 1. The second kappa shape index (κ2) is 6.02. The SMILES string of the molecule is O=C(CCn1cccn1)Nc1cc(Br)ccc1Cl. The summed E-state index contributed by atoms with van der Waals surface area (Å²) in [5.74, 6) is -0.0921. The second-order valence-corrected chi connectivity index (χ2v) is 5.01. The van der Waals surface area contributed by atoms with Gasteiger partial charge in [0.1, 0.15) is 0 Å². The number of carbonyl (C=O) groups excluding carboxylic acids is 1. The smallest absolute Gasteiger partial charge is 0.226 e. The van der Waals surface area contributed by atoms with E-state index in [4.69, 9.17) is 11.6 Å². The maximum absolute atomic E-state index is 11.7. The Labute approximate surface area is 118 Å². The summed E-state index contributed by atoms with van der Waals surface area (Å²) in [6.45, 7) is 0.546. The molecule has 1 aromatic carbocycles. The topological polar surface area (TPSA) is 46.9 Å². The molecule has 1 aromatic heterocycles. The van der Waals surface area contributed by atoms with Crippen molar-refractivity contribution in [2.45, 2.75) is 13.0 Å². The molecule has 0 aliphatic carbocycles. The van der Waals surface area contributed by atoms with Crippen molar-refractivity contribution >= 4 is 39.1 Å². The zero-order valence-corrected chi connectivity index (χ0v) is 11.8. The molecule has 0 bridgehead atoms. The molecule has 0 radical (unpaired) electrons. The van der Waals surface area contributed by atoms with Gasteiger partial charge in [-0.2, -0.15) is 5.10 Å². The number of hydrogen-bond donors (Lipinski definition) is 1. The number of amides is 1. The van der Waals surface area contributed by atoms with E-state index >= 15 is 0 Å². The summed E-state index contributed by atoms with van der Waals surface area (Å²) < 4.78 is 2.58. The third-order valence-corrected chi connectivity index (χ3v) is 3.15. The number of aryl methyl sites for hydroxylation is 1. The fourth-order valence-corrected chi connectivity index (χ4v) is 1.98. The van der Waals surface area contributed by atoms with Gasteiger partial charge in [0.05, 0.1) is 10.7 Å². The predicted molar refractivity (Wildman–Crippen MR) is 74.6 cm³/mol. The third kappa shape index (κ3) is 3.58. The molecule has 18 heavy (non-hydrogen) atoms. The van der Waals surface area contributed by atoms with Gasteiger partial charge in [-0.05, 0) is 24.3 Å². The van der Waals surface area contributed by atoms with E-state index in [9.17, 15) is 4.79 Å². The zero-order valence-electron chi connectivity index (χ0n) is 9.44. The summed E-state index contributed by atoms with van der Waals surface area (Å²) in [4.78, 5) is 11.7. The molecule has 0 atom stereocenters. The largest absolute Gasteiger partial charge is 0.325 e. The van der Waals surface area contributed by atoms with Crippen molar-refractivity contribution in [2.24, 2.45) is 0 Å². The molecule has 1 amide bonds. The number of hydrogen-bond acceptors (Lipinski definition) is 2. The molecule has 0 saturated carbocycles. The van der Waals surface area contributed by atoms with Gasteiger partial charge in [0.15, 0.2) is 0 Å². The minimum absolute atomic E-state index is 0.0921. The molecule has 0 aliphatic rings. The summed E-state index contributed by atoms with van der Waals surface area (Å²) in [5.41, 5.74) is 0.608. The van der Waals surface area contributed by atoms with Crippen molar-refractivity contribution in [2.75, 3.05) is 5.32 Å². The molecule has 0 unspecified atom stereocenters. The Kier molecular flexibility index (Phi) is 4.38. The number of aromatic nitrogens is 2. The van der Waals surface area contributed by atoms with E-state index in [1.54, 1.807) is 23.0 Å². The molecule has 0 saturated heterocycles. The molecule has 2 aromatic rings. The second-order valence-electron chi connectivity index (χ2n) is 3.69. The van der Waals surface area contributed by atoms with Crippen LogP contribution in [-0.2, 0) is 11.3 Å². The highest BCUT2D eigenvalue weighted by Gasteiger charge is 2.06. The van der Waals surface area contributed by atoms with Crippen molar-refractivity contribution in [3.8, 4) is 0 Å². The van der Waals surface area contributed by atoms with Crippen LogP contribution in [0.4, 0.5) is 5.69 Å². The van der Waals surface area contributed by atoms with Crippen LogP contribution >= 0.6 is 27.5 Å². The van der Waals surface area contributed by atoms with Crippen LogP contribution in [0, 0.1) is 0 Å². The maximum atomic E-state index is 11.7. The first-order valence-corrected chi connectivity index (χ1v) is 6.54. The van der Waals surface area contributed by atoms with E-state index in [2.05, 4.69) is 26.3 Å². The Hall–Kier alpha value is -1.33. The minimum atomic E-state index is -0.0921. The Morgan fingerprint density at radius 1 is 1.50 bits per heavy atom. The molecule has 0 aliphatic heterocycles. The van der Waals surface area contributed by atoms with Crippen LogP contribution in [0.5, 0.6) is 0 Å². The van der Waals surface area contributed by atoms with E-state index in [0.717, 1.165) is 4.47 Å². The highest BCUT2D eigenvalue weighted by Crippen LogP contribution is 2.25. The first-order chi connectivity index (χ1) is 8.65. The van der Waals surface area contributed by atoms with Gasteiger partial charge in [-0.25, -0.2) is 0 Å². The first-order valence-electron chi connectivity index (χ1n) is 5.37. The average molecular weight is 329 g/mol. The molecule has 0 fully saturated rings. The Bertz CT molecular complexity index is 542. The molecule has 1 heterocycles. The molecule has 0 spiro atoms. The first kappa shape index (κ1) is 13.1. The van der Waals surface area contributed by atoms with Crippen LogP contribution in [0.2, 0.25) is 5.02 Å². The lowest BCUT2D eigenvalue weighted by Crippen LogP contribution is -2.15. The molecule has 2 rings (SSSR count). The summed E-state index contributed by atoms with van der Waals surface area (Å²) in [7, 11) is 0. The van der Waals surface area contributed by atoms with Gasteiger partial charge in [0, 0.05) is 29.8 Å². The minimum Gasteiger partial charge on any atom is -0.325 e. The molecular weight excluding hydrogens is 318 g/mol. The van der Waals surface area contributed by atoms with Gasteiger partial charge in [-0.3, -0.25) is 9.48 Å². The number of carbonyl (C=O) groups is 1. The van der Waals surface area contributed by atoms with Gasteiger partial charge >= 0.3 is 0 Å². The lowest BCUT2D eigenvalue weighted by Gasteiger charge is -2.07. The van der Waals surface area contributed by atoms with Crippen LogP contribution in [0.25, 0.3) is 0 Å². The lowest BCUT2D eigenvalue weighted by atomic mass is 10.3. The van der Waals surface area contributed by atoms with Crippen LogP contribution in [0.1, 0.15) is 6.42 Å². The number of nitrogens with one attached hydrogen (secondary N) is 1. The van der Waals surface area contributed by atoms with Gasteiger partial charge in [0.25, 0.3) is 0 Å². The number of rotatable bonds is 4. The molecule has 6 heteroatoms. The van der Waals surface area contributed by atoms with E-state index in [1.807, 2.05) is 18.3 Å². The highest BCUT2D eigenvalue weighted by atomic mass is 79.9. The van der Waals surface area contributed by atoms with E-state index in [1.165, 1.54) is 0 Å². The molecule has 1 N–H and O–H groups in total. The van der Waals surface area contributed by atoms with Crippen molar-refractivity contribution in [1.29, 1.82) is 0 Å². The van der Waals surface area contributed by atoms with Crippen molar-refractivity contribution < 1.29 is 4.79 Å². The van der Waals surface area contributed by atoms with Gasteiger partial charge in [-0.15, -0.1) is 0 Å². The van der Waals surface area contributed by atoms with Crippen LogP contribution in [-0.4, -0.2) is 15.7 Å². The summed E-state index contributed by atoms with van der Waals surface area (Å²) in [6.07, 6.45) is 3.85. The number of halogens is 2. The summed E-state index contributed by atoms with van der Waals surface area (Å²) in [6, 6.07) is 7.15. The predicted octanol–water partition coefficient (Wildman–Crippen LogP) is 3.33. The fraction of sp³-hybridized carbons (Fsp3) is 0.167. The fourth-order valence-electron chi connectivity index (χ4n) is 1.45. The standard InChI is InChI=1S/C12H11BrClN3O/c13-9-2-3-10(14)11(8-9)16-12(18)4-7-17-6-1-5-15-17/h1-3,5-6,8H,4,7H2,(H,16,18). The summed E-state index contributed by atoms with van der Waals surface area (Å²) in [5, 5.41) is 7.32. The van der Waals surface area contributed by atoms with Crippen molar-refractivity contribution in [3.05, 3.63) is 46.2 Å². The summed E-state index contributed by atoms with van der Waals surface area (Å²) >= 11 is 9.32. The zero-order chi connectivity index (χ0) is 13.0. The van der Waals surface area contributed by atoms with Crippen LogP contribution in [0.15, 0.2) is 41.1 Å². The molecular formula is C12H11BrClN3O. The molecule has 4 nitrogen and oxygen atoms in total. The quantitative estimate of drug-likeness (QED) is 0.936.